The zero-order chi connectivity index (χ0) is 12.0. The molecule has 0 aliphatic rings. The molecule has 0 aliphatic carbocycles. The summed E-state index contributed by atoms with van der Waals surface area (Å²) in [6, 6.07) is 6.67. The molecule has 0 unspecified atom stereocenters. The van der Waals surface area contributed by atoms with Gasteiger partial charge in [0.1, 0.15) is 5.75 Å². The fourth-order valence-electron chi connectivity index (χ4n) is 1.04. The summed E-state index contributed by atoms with van der Waals surface area (Å²) in [7, 11) is 1.56. The first-order valence-corrected chi connectivity index (χ1v) is 5.00. The Hall–Kier alpha value is -1.82. The molecule has 1 aromatic rings. The molecule has 0 atom stereocenters. The maximum atomic E-state index is 11.3. The van der Waals surface area contributed by atoms with Gasteiger partial charge in [0.25, 0.3) is 0 Å². The minimum absolute atomic E-state index is 0.172. The molecule has 0 fully saturated rings. The van der Waals surface area contributed by atoms with Crippen molar-refractivity contribution in [1.82, 2.24) is 5.32 Å². The lowest BCUT2D eigenvalue weighted by atomic mass is 10.3. The van der Waals surface area contributed by atoms with E-state index in [0.717, 1.165) is 0 Å². The van der Waals surface area contributed by atoms with Crippen molar-refractivity contribution in [1.29, 1.82) is 0 Å². The first-order valence-electron chi connectivity index (χ1n) is 4.59. The van der Waals surface area contributed by atoms with E-state index in [1.807, 2.05) is 0 Å². The van der Waals surface area contributed by atoms with E-state index in [1.165, 1.54) is 0 Å². The molecule has 0 bridgehead atoms. The van der Waals surface area contributed by atoms with Crippen LogP contribution in [-0.4, -0.2) is 24.7 Å². The number of nitrogens with two attached hydrogens (primary N) is 1. The summed E-state index contributed by atoms with van der Waals surface area (Å²) in [5, 5.41) is 5.14. The number of hydrogen-bond acceptors (Lipinski definition) is 3. The van der Waals surface area contributed by atoms with Gasteiger partial charge in [0, 0.05) is 11.8 Å². The Labute approximate surface area is 99.0 Å². The van der Waals surface area contributed by atoms with Crippen molar-refractivity contribution in [3.8, 4) is 5.75 Å². The van der Waals surface area contributed by atoms with Gasteiger partial charge >= 0.3 is 6.03 Å². The number of hydrogen-bond donors (Lipinski definition) is 3. The molecule has 0 radical (unpaired) electrons. The number of thiocarbonyl (C=S) groups is 1. The van der Waals surface area contributed by atoms with Crippen molar-refractivity contribution < 1.29 is 9.53 Å². The molecule has 0 aromatic heterocycles. The predicted octanol–water partition coefficient (Wildman–Crippen LogP) is 1.10. The Bertz CT molecular complexity index is 395. The van der Waals surface area contributed by atoms with Gasteiger partial charge in [-0.15, -0.1) is 0 Å². The summed E-state index contributed by atoms with van der Waals surface area (Å²) < 4.78 is 5.02. The zero-order valence-electron chi connectivity index (χ0n) is 8.82. The minimum Gasteiger partial charge on any atom is -0.497 e. The summed E-state index contributed by atoms with van der Waals surface area (Å²) >= 11 is 4.63. The van der Waals surface area contributed by atoms with Crippen LogP contribution in [0.4, 0.5) is 10.5 Å². The SMILES string of the molecule is COc1cccc(NC(=O)NCC(N)=S)c1. The highest BCUT2D eigenvalue weighted by Gasteiger charge is 2.02. The maximum Gasteiger partial charge on any atom is 0.319 e. The van der Waals surface area contributed by atoms with Crippen molar-refractivity contribution >= 4 is 28.9 Å². The van der Waals surface area contributed by atoms with Crippen molar-refractivity contribution in [2.45, 2.75) is 0 Å². The highest BCUT2D eigenvalue weighted by Crippen LogP contribution is 2.16. The molecule has 86 valence electrons. The third kappa shape index (κ3) is 4.14. The number of nitrogens with one attached hydrogen (secondary N) is 2. The van der Waals surface area contributed by atoms with Crippen LogP contribution in [0.2, 0.25) is 0 Å². The van der Waals surface area contributed by atoms with Crippen LogP contribution in [0.1, 0.15) is 0 Å². The molecule has 2 amide bonds. The number of ether oxygens (including phenoxy) is 1. The Morgan fingerprint density at radius 3 is 2.94 bits per heavy atom. The van der Waals surface area contributed by atoms with Gasteiger partial charge in [-0.25, -0.2) is 4.79 Å². The number of carbonyl (C=O) groups excluding carboxylic acids is 1. The molecule has 0 spiro atoms. The number of rotatable bonds is 4. The average molecular weight is 239 g/mol. The number of carbonyl (C=O) groups is 1. The Morgan fingerprint density at radius 2 is 2.31 bits per heavy atom. The Morgan fingerprint density at radius 1 is 1.56 bits per heavy atom. The van der Waals surface area contributed by atoms with Crippen molar-refractivity contribution in [2.24, 2.45) is 5.73 Å². The minimum atomic E-state index is -0.360. The largest absolute Gasteiger partial charge is 0.497 e. The highest BCUT2D eigenvalue weighted by molar-refractivity contribution is 7.80. The van der Waals surface area contributed by atoms with E-state index >= 15 is 0 Å². The van der Waals surface area contributed by atoms with E-state index in [9.17, 15) is 4.79 Å². The first kappa shape index (κ1) is 12.3. The molecule has 16 heavy (non-hydrogen) atoms. The van der Waals surface area contributed by atoms with Gasteiger partial charge < -0.3 is 21.1 Å². The molecule has 4 N–H and O–H groups in total. The molecule has 5 nitrogen and oxygen atoms in total. The Balaban J connectivity index is 2.52. The highest BCUT2D eigenvalue weighted by atomic mass is 32.1. The van der Waals surface area contributed by atoms with Gasteiger partial charge in [0.2, 0.25) is 0 Å². The normalized spacial score (nSPS) is 9.31. The summed E-state index contributed by atoms with van der Waals surface area (Å²) in [4.78, 5) is 11.6. The molecule has 0 heterocycles. The number of benzene rings is 1. The number of anilines is 1. The third-order valence-corrected chi connectivity index (χ3v) is 1.90. The standard InChI is InChI=1S/C10H13N3O2S/c1-15-8-4-2-3-7(5-8)13-10(14)12-6-9(11)16/h2-5H,6H2,1H3,(H2,11,16)(H2,12,13,14). The van der Waals surface area contributed by atoms with Gasteiger partial charge in [0.05, 0.1) is 18.6 Å². The summed E-state index contributed by atoms with van der Waals surface area (Å²) in [6.45, 7) is 0.172. The van der Waals surface area contributed by atoms with E-state index in [2.05, 4.69) is 22.9 Å². The monoisotopic (exact) mass is 239 g/mol. The van der Waals surface area contributed by atoms with Crippen molar-refractivity contribution in [3.05, 3.63) is 24.3 Å². The third-order valence-electron chi connectivity index (χ3n) is 1.75. The van der Waals surface area contributed by atoms with E-state index in [4.69, 9.17) is 10.5 Å². The second kappa shape index (κ2) is 5.92. The average Bonchev–Trinajstić information content (AvgIpc) is 2.26. The molecular formula is C10H13N3O2S. The van der Waals surface area contributed by atoms with Gasteiger partial charge in [-0.3, -0.25) is 0 Å². The number of methoxy groups -OCH3 is 1. The van der Waals surface area contributed by atoms with Gasteiger partial charge in [0.15, 0.2) is 0 Å². The molecule has 0 saturated carbocycles. The molecule has 1 aromatic carbocycles. The fourth-order valence-corrected chi connectivity index (χ4v) is 1.12. The lowest BCUT2D eigenvalue weighted by Gasteiger charge is -2.07. The fraction of sp³-hybridized carbons (Fsp3) is 0.200. The van der Waals surface area contributed by atoms with Crippen LogP contribution < -0.4 is 21.1 Å². The zero-order valence-corrected chi connectivity index (χ0v) is 9.64. The van der Waals surface area contributed by atoms with Gasteiger partial charge in [-0.2, -0.15) is 0 Å². The summed E-state index contributed by atoms with van der Waals surface area (Å²) in [5.74, 6) is 0.673. The molecule has 1 rings (SSSR count). The molecular weight excluding hydrogens is 226 g/mol. The number of amides is 2. The van der Waals surface area contributed by atoms with E-state index < -0.39 is 0 Å². The lowest BCUT2D eigenvalue weighted by molar-refractivity contribution is 0.253. The first-order chi connectivity index (χ1) is 7.61. The summed E-state index contributed by atoms with van der Waals surface area (Å²) in [5.41, 5.74) is 5.89. The summed E-state index contributed by atoms with van der Waals surface area (Å²) in [6.07, 6.45) is 0. The van der Waals surface area contributed by atoms with Crippen LogP contribution >= 0.6 is 12.2 Å². The van der Waals surface area contributed by atoms with Crippen LogP contribution in [0.3, 0.4) is 0 Å². The van der Waals surface area contributed by atoms with E-state index in [-0.39, 0.29) is 17.6 Å². The predicted molar refractivity (Wildman–Crippen MR) is 66.8 cm³/mol. The van der Waals surface area contributed by atoms with Gasteiger partial charge in [-0.05, 0) is 12.1 Å². The molecule has 6 heteroatoms. The second-order valence-corrected chi connectivity index (χ2v) is 3.53. The van der Waals surface area contributed by atoms with Crippen LogP contribution in [0.5, 0.6) is 5.75 Å². The molecule has 0 aliphatic heterocycles. The van der Waals surface area contributed by atoms with Gasteiger partial charge in [-0.1, -0.05) is 18.3 Å². The van der Waals surface area contributed by atoms with Crippen molar-refractivity contribution in [3.63, 3.8) is 0 Å². The quantitative estimate of drug-likeness (QED) is 0.688. The molecule has 0 saturated heterocycles. The van der Waals surface area contributed by atoms with E-state index in [0.29, 0.717) is 11.4 Å². The topological polar surface area (TPSA) is 76.4 Å². The maximum absolute atomic E-state index is 11.3. The lowest BCUT2D eigenvalue weighted by Crippen LogP contribution is -2.35. The van der Waals surface area contributed by atoms with Crippen LogP contribution in [-0.2, 0) is 0 Å². The van der Waals surface area contributed by atoms with Crippen molar-refractivity contribution in [2.75, 3.05) is 19.0 Å². The Kier molecular flexibility index (Phi) is 4.53. The van der Waals surface area contributed by atoms with Crippen LogP contribution in [0.25, 0.3) is 0 Å². The van der Waals surface area contributed by atoms with E-state index in [1.54, 1.807) is 31.4 Å². The second-order valence-electron chi connectivity index (χ2n) is 3.01. The number of urea groups is 1. The van der Waals surface area contributed by atoms with Crippen LogP contribution in [0, 0.1) is 0 Å². The smallest absolute Gasteiger partial charge is 0.319 e. The van der Waals surface area contributed by atoms with Crippen LogP contribution in [0.15, 0.2) is 24.3 Å².